The van der Waals surface area contributed by atoms with Crippen molar-refractivity contribution in [2.45, 2.75) is 31.1 Å². The molecule has 5 heterocycles. The molecular weight excluding hydrogens is 374 g/mol. The molecule has 156 valence electrons. The molecule has 6 rings (SSSR count). The van der Waals surface area contributed by atoms with Crippen molar-refractivity contribution >= 4 is 5.78 Å². The quantitative estimate of drug-likeness (QED) is 0.656. The van der Waals surface area contributed by atoms with Crippen LogP contribution in [0.2, 0.25) is 0 Å². The van der Waals surface area contributed by atoms with Crippen molar-refractivity contribution in [3.63, 3.8) is 0 Å². The molecule has 1 spiro atoms. The lowest BCUT2D eigenvalue weighted by Gasteiger charge is -2.31. The Hall–Kier alpha value is -2.28. The van der Waals surface area contributed by atoms with Crippen LogP contribution in [0.15, 0.2) is 48.8 Å². The van der Waals surface area contributed by atoms with Crippen LogP contribution in [-0.2, 0) is 11.3 Å². The number of hydrogen-bond acceptors (Lipinski definition) is 5. The Morgan fingerprint density at radius 2 is 2.07 bits per heavy atom. The Morgan fingerprint density at radius 1 is 1.20 bits per heavy atom. The lowest BCUT2D eigenvalue weighted by molar-refractivity contribution is 0.00135. The van der Waals surface area contributed by atoms with Crippen molar-refractivity contribution < 1.29 is 4.74 Å². The van der Waals surface area contributed by atoms with E-state index in [-0.39, 0.29) is 5.60 Å². The molecule has 2 aromatic heterocycles. The maximum Gasteiger partial charge on any atom is 0.234 e. The number of aromatic nitrogens is 3. The standard InChI is InChI=1S/C24H29N5O/c1-27(2)13-18-19-14-28(16-24(19)10-9-21(18)30-24)15-20-22(17-7-4-3-5-8-17)26-23-25-11-6-12-29(20)23/h3-8,11-12,18-19,21H,9-10,13-16H2,1-2H3/t18-,19+,21+,24+/m1/s1. The Kier molecular flexibility index (Phi) is 4.23. The van der Waals surface area contributed by atoms with Gasteiger partial charge >= 0.3 is 0 Å². The largest absolute Gasteiger partial charge is 0.370 e. The van der Waals surface area contributed by atoms with Crippen LogP contribution in [0.5, 0.6) is 0 Å². The highest BCUT2D eigenvalue weighted by atomic mass is 16.5. The summed E-state index contributed by atoms with van der Waals surface area (Å²) in [5.41, 5.74) is 3.48. The molecule has 2 bridgehead atoms. The van der Waals surface area contributed by atoms with Gasteiger partial charge in [-0.15, -0.1) is 0 Å². The average Bonchev–Trinajstić information content (AvgIpc) is 3.48. The lowest BCUT2D eigenvalue weighted by atomic mass is 9.73. The van der Waals surface area contributed by atoms with Crippen LogP contribution in [-0.4, -0.2) is 69.6 Å². The molecule has 3 aromatic rings. The number of nitrogens with zero attached hydrogens (tertiary/aromatic N) is 5. The highest BCUT2D eigenvalue weighted by Crippen LogP contribution is 2.55. The van der Waals surface area contributed by atoms with Crippen molar-refractivity contribution in [2.24, 2.45) is 11.8 Å². The highest BCUT2D eigenvalue weighted by molar-refractivity contribution is 5.65. The van der Waals surface area contributed by atoms with Crippen LogP contribution in [0, 0.1) is 11.8 Å². The van der Waals surface area contributed by atoms with Gasteiger partial charge in [-0.05, 0) is 33.0 Å². The van der Waals surface area contributed by atoms with Crippen molar-refractivity contribution in [2.75, 3.05) is 33.7 Å². The van der Waals surface area contributed by atoms with E-state index in [0.29, 0.717) is 17.9 Å². The first kappa shape index (κ1) is 18.5. The topological polar surface area (TPSA) is 45.9 Å². The number of fused-ring (bicyclic) bond motifs is 2. The van der Waals surface area contributed by atoms with Crippen LogP contribution in [0.1, 0.15) is 18.5 Å². The molecule has 1 aromatic carbocycles. The van der Waals surface area contributed by atoms with Crippen LogP contribution in [0.4, 0.5) is 0 Å². The number of likely N-dealkylation sites (tertiary alicyclic amines) is 1. The summed E-state index contributed by atoms with van der Waals surface area (Å²) in [6, 6.07) is 12.5. The third kappa shape index (κ3) is 2.82. The summed E-state index contributed by atoms with van der Waals surface area (Å²) < 4.78 is 8.80. The van der Waals surface area contributed by atoms with Gasteiger partial charge in [0.15, 0.2) is 0 Å². The Labute approximate surface area is 177 Å². The van der Waals surface area contributed by atoms with Gasteiger partial charge in [0, 0.05) is 56.0 Å². The van der Waals surface area contributed by atoms with Crippen molar-refractivity contribution in [3.05, 3.63) is 54.5 Å². The zero-order valence-electron chi connectivity index (χ0n) is 17.7. The van der Waals surface area contributed by atoms with Crippen LogP contribution < -0.4 is 0 Å². The van der Waals surface area contributed by atoms with Gasteiger partial charge in [0.05, 0.1) is 23.1 Å². The zero-order chi connectivity index (χ0) is 20.3. The summed E-state index contributed by atoms with van der Waals surface area (Å²) in [5, 5.41) is 0. The van der Waals surface area contributed by atoms with Gasteiger partial charge in [-0.25, -0.2) is 9.97 Å². The number of hydrogen-bond donors (Lipinski definition) is 0. The molecular formula is C24H29N5O. The first-order valence-electron chi connectivity index (χ1n) is 11.1. The highest BCUT2D eigenvalue weighted by Gasteiger charge is 2.62. The molecule has 0 unspecified atom stereocenters. The first-order valence-corrected chi connectivity index (χ1v) is 11.1. The van der Waals surface area contributed by atoms with E-state index >= 15 is 0 Å². The second-order valence-corrected chi connectivity index (χ2v) is 9.52. The second-order valence-electron chi connectivity index (χ2n) is 9.52. The van der Waals surface area contributed by atoms with Crippen LogP contribution >= 0.6 is 0 Å². The second kappa shape index (κ2) is 6.87. The number of ether oxygens (including phenoxy) is 1. The van der Waals surface area contributed by atoms with Gasteiger partial charge in [0.1, 0.15) is 0 Å². The summed E-state index contributed by atoms with van der Waals surface area (Å²) in [6.45, 7) is 4.13. The summed E-state index contributed by atoms with van der Waals surface area (Å²) in [7, 11) is 4.37. The minimum atomic E-state index is 0.0665. The number of imidazole rings is 1. The fourth-order valence-electron chi connectivity index (χ4n) is 6.20. The average molecular weight is 404 g/mol. The van der Waals surface area contributed by atoms with E-state index in [4.69, 9.17) is 9.72 Å². The van der Waals surface area contributed by atoms with E-state index in [1.54, 1.807) is 0 Å². The summed E-state index contributed by atoms with van der Waals surface area (Å²) >= 11 is 0. The molecule has 30 heavy (non-hydrogen) atoms. The predicted molar refractivity (Wildman–Crippen MR) is 116 cm³/mol. The SMILES string of the molecule is CN(C)C[C@H]1[C@@H]2CC[C@@]3(CN(Cc4c(-c5ccccc5)nc5ncccn45)C[C@@H]13)O2. The Morgan fingerprint density at radius 3 is 2.90 bits per heavy atom. The number of rotatable bonds is 5. The predicted octanol–water partition coefficient (Wildman–Crippen LogP) is 2.94. The van der Waals surface area contributed by atoms with Crippen LogP contribution in [0.3, 0.4) is 0 Å². The van der Waals surface area contributed by atoms with Gasteiger partial charge in [-0.1, -0.05) is 30.3 Å². The molecule has 3 aliphatic rings. The normalized spacial score (nSPS) is 30.6. The Balaban J connectivity index is 1.33. The molecule has 4 atom stereocenters. The number of benzene rings is 1. The van der Waals surface area contributed by atoms with E-state index in [9.17, 15) is 0 Å². The zero-order valence-corrected chi connectivity index (χ0v) is 17.7. The monoisotopic (exact) mass is 403 g/mol. The molecule has 6 nitrogen and oxygen atoms in total. The fourth-order valence-corrected chi connectivity index (χ4v) is 6.20. The molecule has 0 saturated carbocycles. The van der Waals surface area contributed by atoms with Gasteiger partial charge in [-0.3, -0.25) is 9.30 Å². The minimum Gasteiger partial charge on any atom is -0.370 e. The smallest absolute Gasteiger partial charge is 0.234 e. The summed E-state index contributed by atoms with van der Waals surface area (Å²) in [5.74, 6) is 2.05. The fraction of sp³-hybridized carbons (Fsp3) is 0.500. The van der Waals surface area contributed by atoms with E-state index < -0.39 is 0 Å². The van der Waals surface area contributed by atoms with Gasteiger partial charge in [0.25, 0.3) is 0 Å². The Bertz CT molecular complexity index is 1060. The first-order chi connectivity index (χ1) is 14.6. The lowest BCUT2D eigenvalue weighted by Crippen LogP contribution is -2.40. The molecule has 0 N–H and O–H groups in total. The summed E-state index contributed by atoms with van der Waals surface area (Å²) in [4.78, 5) is 14.3. The molecule has 3 fully saturated rings. The van der Waals surface area contributed by atoms with Crippen molar-refractivity contribution in [1.29, 1.82) is 0 Å². The van der Waals surface area contributed by atoms with Crippen LogP contribution in [0.25, 0.3) is 17.0 Å². The maximum absolute atomic E-state index is 6.65. The van der Waals surface area contributed by atoms with Gasteiger partial charge < -0.3 is 9.64 Å². The van der Waals surface area contributed by atoms with Crippen molar-refractivity contribution in [3.8, 4) is 11.3 Å². The van der Waals surface area contributed by atoms with E-state index in [1.165, 1.54) is 18.5 Å². The molecule has 6 heteroatoms. The molecule has 0 radical (unpaired) electrons. The van der Waals surface area contributed by atoms with Gasteiger partial charge in [-0.2, -0.15) is 0 Å². The third-order valence-corrected chi connectivity index (χ3v) is 7.35. The van der Waals surface area contributed by atoms with E-state index in [1.807, 2.05) is 12.3 Å². The van der Waals surface area contributed by atoms with E-state index in [2.05, 4.69) is 69.8 Å². The molecule has 0 amide bonds. The van der Waals surface area contributed by atoms with E-state index in [0.717, 1.165) is 43.2 Å². The van der Waals surface area contributed by atoms with Crippen molar-refractivity contribution in [1.82, 2.24) is 24.2 Å². The molecule has 3 saturated heterocycles. The summed E-state index contributed by atoms with van der Waals surface area (Å²) in [6.07, 6.45) is 6.79. The third-order valence-electron chi connectivity index (χ3n) is 7.35. The minimum absolute atomic E-state index is 0.0665. The molecule has 3 aliphatic heterocycles. The van der Waals surface area contributed by atoms with Gasteiger partial charge in [0.2, 0.25) is 5.78 Å². The molecule has 0 aliphatic carbocycles. The maximum atomic E-state index is 6.65.